The summed E-state index contributed by atoms with van der Waals surface area (Å²) in [4.78, 5) is 12.7. The minimum Gasteiger partial charge on any atom is -0.399 e. The van der Waals surface area contributed by atoms with Crippen molar-refractivity contribution in [2.75, 3.05) is 11.1 Å². The third-order valence-corrected chi connectivity index (χ3v) is 3.95. The van der Waals surface area contributed by atoms with E-state index in [1.807, 2.05) is 6.92 Å². The first kappa shape index (κ1) is 14.0. The molecule has 19 heavy (non-hydrogen) atoms. The predicted octanol–water partition coefficient (Wildman–Crippen LogP) is 3.09. The fraction of sp³-hybridized carbons (Fsp3) is 0.250. The number of hydrogen-bond donors (Lipinski definition) is 2. The Kier molecular flexibility index (Phi) is 4.49. The quantitative estimate of drug-likeness (QED) is 0.838. The number of carbonyl (C=O) groups excluding carboxylic acids is 1. The van der Waals surface area contributed by atoms with Gasteiger partial charge in [0.05, 0.1) is 11.4 Å². The lowest BCUT2D eigenvalue weighted by Crippen LogP contribution is -2.13. The van der Waals surface area contributed by atoms with Crippen molar-refractivity contribution in [3.8, 4) is 0 Å². The highest BCUT2D eigenvalue weighted by atomic mass is 79.9. The lowest BCUT2D eigenvalue weighted by atomic mass is 10.2. The van der Waals surface area contributed by atoms with Crippen LogP contribution in [-0.2, 0) is 6.42 Å². The summed E-state index contributed by atoms with van der Waals surface area (Å²) >= 11 is 4.48. The first-order valence-electron chi connectivity index (χ1n) is 5.79. The molecule has 0 atom stereocenters. The largest absolute Gasteiger partial charge is 0.399 e. The van der Waals surface area contributed by atoms with Gasteiger partial charge in [-0.05, 0) is 52.1 Å². The van der Waals surface area contributed by atoms with Gasteiger partial charge in [-0.2, -0.15) is 0 Å². The molecular weight excluding hydrogens is 328 g/mol. The molecule has 0 fully saturated rings. The van der Waals surface area contributed by atoms with Crippen LogP contribution in [0.1, 0.15) is 28.7 Å². The second-order valence-electron chi connectivity index (χ2n) is 3.99. The molecule has 0 unspecified atom stereocenters. The number of halogens is 1. The van der Waals surface area contributed by atoms with E-state index < -0.39 is 0 Å². The number of aromatic nitrogens is 2. The maximum absolute atomic E-state index is 12.2. The molecule has 2 aromatic rings. The van der Waals surface area contributed by atoms with Crippen molar-refractivity contribution in [1.29, 1.82) is 0 Å². The first-order chi connectivity index (χ1) is 9.11. The molecule has 0 saturated carbocycles. The highest BCUT2D eigenvalue weighted by Gasteiger charge is 2.16. The Morgan fingerprint density at radius 3 is 3.05 bits per heavy atom. The van der Waals surface area contributed by atoms with Crippen LogP contribution in [0.3, 0.4) is 0 Å². The highest BCUT2D eigenvalue weighted by molar-refractivity contribution is 9.10. The number of nitrogens with zero attached hydrogens (tertiary/aromatic N) is 2. The van der Waals surface area contributed by atoms with Crippen LogP contribution in [-0.4, -0.2) is 15.5 Å². The van der Waals surface area contributed by atoms with E-state index >= 15 is 0 Å². The minimum absolute atomic E-state index is 0.204. The molecule has 1 aromatic carbocycles. The summed E-state index contributed by atoms with van der Waals surface area (Å²) in [5, 5.41) is 6.80. The summed E-state index contributed by atoms with van der Waals surface area (Å²) in [7, 11) is 0. The second-order valence-corrected chi connectivity index (χ2v) is 5.60. The predicted molar refractivity (Wildman–Crippen MR) is 80.4 cm³/mol. The zero-order valence-electron chi connectivity index (χ0n) is 10.3. The Hall–Kier alpha value is -1.47. The number of amides is 1. The molecule has 0 aliphatic rings. The number of anilines is 2. The fourth-order valence-electron chi connectivity index (χ4n) is 1.60. The Labute approximate surface area is 123 Å². The van der Waals surface area contributed by atoms with Crippen molar-refractivity contribution in [3.05, 3.63) is 33.2 Å². The molecular formula is C12H13BrN4OS. The van der Waals surface area contributed by atoms with Gasteiger partial charge < -0.3 is 11.1 Å². The molecule has 0 spiro atoms. The third kappa shape index (κ3) is 3.30. The first-order valence-corrected chi connectivity index (χ1v) is 7.36. The molecule has 0 bridgehead atoms. The lowest BCUT2D eigenvalue weighted by molar-refractivity contribution is 0.102. The van der Waals surface area contributed by atoms with Gasteiger partial charge in [-0.3, -0.25) is 4.79 Å². The average Bonchev–Trinajstić information content (AvgIpc) is 2.82. The molecule has 0 radical (unpaired) electrons. The number of benzene rings is 1. The molecule has 5 nitrogen and oxygen atoms in total. The summed E-state index contributed by atoms with van der Waals surface area (Å²) in [5.74, 6) is -0.204. The Bertz CT molecular complexity index is 599. The number of rotatable bonds is 4. The van der Waals surface area contributed by atoms with Gasteiger partial charge in [0, 0.05) is 10.2 Å². The Morgan fingerprint density at radius 1 is 1.53 bits per heavy atom. The van der Waals surface area contributed by atoms with Crippen LogP contribution in [0.5, 0.6) is 0 Å². The van der Waals surface area contributed by atoms with Crippen molar-refractivity contribution < 1.29 is 4.79 Å². The maximum Gasteiger partial charge on any atom is 0.269 e. The molecule has 100 valence electrons. The topological polar surface area (TPSA) is 80.9 Å². The average molecular weight is 341 g/mol. The molecule has 2 rings (SSSR count). The SMILES string of the molecule is CCCc1nnsc1C(=O)Nc1cc(N)ccc1Br. The van der Waals surface area contributed by atoms with Gasteiger partial charge in [0.1, 0.15) is 4.88 Å². The standard InChI is InChI=1S/C12H13BrN4OS/c1-2-3-9-11(19-17-16-9)12(18)15-10-6-7(14)4-5-8(10)13/h4-6H,2-3,14H2,1H3,(H,15,18). The van der Waals surface area contributed by atoms with Crippen LogP contribution in [0.25, 0.3) is 0 Å². The molecule has 0 aliphatic heterocycles. The van der Waals surface area contributed by atoms with Crippen LogP contribution < -0.4 is 11.1 Å². The van der Waals surface area contributed by atoms with Crippen LogP contribution in [0.4, 0.5) is 11.4 Å². The van der Waals surface area contributed by atoms with E-state index in [-0.39, 0.29) is 5.91 Å². The zero-order chi connectivity index (χ0) is 13.8. The third-order valence-electron chi connectivity index (χ3n) is 2.49. The van der Waals surface area contributed by atoms with Crippen molar-refractivity contribution >= 4 is 44.7 Å². The van der Waals surface area contributed by atoms with Crippen molar-refractivity contribution in [3.63, 3.8) is 0 Å². The van der Waals surface area contributed by atoms with E-state index in [9.17, 15) is 4.79 Å². The monoisotopic (exact) mass is 340 g/mol. The molecule has 0 aliphatic carbocycles. The second kappa shape index (κ2) is 6.12. The van der Waals surface area contributed by atoms with Gasteiger partial charge in [0.2, 0.25) is 0 Å². The van der Waals surface area contributed by atoms with E-state index in [0.29, 0.717) is 16.3 Å². The van der Waals surface area contributed by atoms with E-state index in [0.717, 1.165) is 34.5 Å². The molecule has 7 heteroatoms. The van der Waals surface area contributed by atoms with Gasteiger partial charge >= 0.3 is 0 Å². The Balaban J connectivity index is 2.21. The van der Waals surface area contributed by atoms with Crippen molar-refractivity contribution in [2.45, 2.75) is 19.8 Å². The number of nitrogen functional groups attached to an aromatic ring is 1. The smallest absolute Gasteiger partial charge is 0.269 e. The highest BCUT2D eigenvalue weighted by Crippen LogP contribution is 2.26. The molecule has 1 amide bonds. The Morgan fingerprint density at radius 2 is 2.32 bits per heavy atom. The summed E-state index contributed by atoms with van der Waals surface area (Å²) < 4.78 is 4.62. The number of carbonyl (C=O) groups is 1. The number of nitrogens with one attached hydrogen (secondary N) is 1. The number of nitrogens with two attached hydrogens (primary N) is 1. The van der Waals surface area contributed by atoms with Crippen LogP contribution in [0.2, 0.25) is 0 Å². The van der Waals surface area contributed by atoms with Crippen LogP contribution in [0, 0.1) is 0 Å². The number of aryl methyl sites for hydroxylation is 1. The van der Waals surface area contributed by atoms with E-state index in [4.69, 9.17) is 5.73 Å². The molecule has 1 heterocycles. The van der Waals surface area contributed by atoms with Crippen molar-refractivity contribution in [2.24, 2.45) is 0 Å². The van der Waals surface area contributed by atoms with Gasteiger partial charge in [-0.25, -0.2) is 0 Å². The molecule has 1 aromatic heterocycles. The fourth-order valence-corrected chi connectivity index (χ4v) is 2.55. The van der Waals surface area contributed by atoms with E-state index in [2.05, 4.69) is 30.8 Å². The summed E-state index contributed by atoms with van der Waals surface area (Å²) in [6.45, 7) is 2.04. The van der Waals surface area contributed by atoms with E-state index in [1.54, 1.807) is 18.2 Å². The van der Waals surface area contributed by atoms with Gasteiger partial charge in [-0.15, -0.1) is 5.10 Å². The molecule has 3 N–H and O–H groups in total. The van der Waals surface area contributed by atoms with Gasteiger partial charge in [0.25, 0.3) is 5.91 Å². The van der Waals surface area contributed by atoms with Gasteiger partial charge in [-0.1, -0.05) is 17.8 Å². The minimum atomic E-state index is -0.204. The normalized spacial score (nSPS) is 10.4. The van der Waals surface area contributed by atoms with Crippen molar-refractivity contribution in [1.82, 2.24) is 9.59 Å². The summed E-state index contributed by atoms with van der Waals surface area (Å²) in [6.07, 6.45) is 1.67. The lowest BCUT2D eigenvalue weighted by Gasteiger charge is -2.07. The van der Waals surface area contributed by atoms with Gasteiger partial charge in [0.15, 0.2) is 0 Å². The number of hydrogen-bond acceptors (Lipinski definition) is 5. The van der Waals surface area contributed by atoms with Crippen LogP contribution in [0.15, 0.2) is 22.7 Å². The van der Waals surface area contributed by atoms with E-state index in [1.165, 1.54) is 0 Å². The summed E-state index contributed by atoms with van der Waals surface area (Å²) in [6, 6.07) is 5.26. The zero-order valence-corrected chi connectivity index (χ0v) is 12.7. The summed E-state index contributed by atoms with van der Waals surface area (Å²) in [5.41, 5.74) is 7.68. The molecule has 0 saturated heterocycles. The maximum atomic E-state index is 12.2. The van der Waals surface area contributed by atoms with Crippen LogP contribution >= 0.6 is 27.5 Å².